The molecule has 2 N–H and O–H groups in total. The first-order chi connectivity index (χ1) is 6.59. The summed E-state index contributed by atoms with van der Waals surface area (Å²) in [5.41, 5.74) is 0. The first-order valence-electron chi connectivity index (χ1n) is 5.06. The van der Waals surface area contributed by atoms with E-state index >= 15 is 0 Å². The second kappa shape index (κ2) is 5.17. The van der Waals surface area contributed by atoms with Gasteiger partial charge < -0.3 is 14.8 Å². The van der Waals surface area contributed by atoms with Crippen LogP contribution < -0.4 is 5.32 Å². The molecule has 1 heterocycles. The van der Waals surface area contributed by atoms with Crippen LogP contribution in [-0.4, -0.2) is 23.3 Å². The van der Waals surface area contributed by atoms with Gasteiger partial charge in [0, 0.05) is 18.5 Å². The molecule has 1 rings (SSSR count). The van der Waals surface area contributed by atoms with Gasteiger partial charge in [-0.2, -0.15) is 0 Å². The van der Waals surface area contributed by atoms with E-state index in [1.807, 2.05) is 19.1 Å². The predicted octanol–water partition coefficient (Wildman–Crippen LogP) is 1.57. The monoisotopic (exact) mass is 197 g/mol. The standard InChI is InChI=1S/C11H19NO2/c1-8(12-9(2)10(3)13)7-11-5-4-6-14-11/h4-6,8-10,12-13H,7H2,1-3H3. The van der Waals surface area contributed by atoms with Crippen LogP contribution in [0.4, 0.5) is 0 Å². The van der Waals surface area contributed by atoms with Gasteiger partial charge in [-0.25, -0.2) is 0 Å². The second-order valence-electron chi connectivity index (χ2n) is 3.88. The Bertz CT molecular complexity index is 244. The predicted molar refractivity (Wildman–Crippen MR) is 56.2 cm³/mol. The normalized spacial score (nSPS) is 17.7. The molecule has 0 saturated heterocycles. The van der Waals surface area contributed by atoms with E-state index in [4.69, 9.17) is 4.42 Å². The first-order valence-corrected chi connectivity index (χ1v) is 5.06. The molecule has 80 valence electrons. The lowest BCUT2D eigenvalue weighted by Crippen LogP contribution is -2.41. The van der Waals surface area contributed by atoms with Gasteiger partial charge in [0.15, 0.2) is 0 Å². The highest BCUT2D eigenvalue weighted by molar-refractivity contribution is 5.00. The fourth-order valence-corrected chi connectivity index (χ4v) is 1.38. The zero-order valence-corrected chi connectivity index (χ0v) is 9.03. The Morgan fingerprint density at radius 3 is 2.64 bits per heavy atom. The Hall–Kier alpha value is -0.800. The number of furan rings is 1. The van der Waals surface area contributed by atoms with Crippen molar-refractivity contribution in [2.45, 2.75) is 45.4 Å². The number of aliphatic hydroxyl groups is 1. The van der Waals surface area contributed by atoms with Crippen molar-refractivity contribution in [1.82, 2.24) is 5.32 Å². The SMILES string of the molecule is CC(Cc1ccco1)NC(C)C(C)O. The van der Waals surface area contributed by atoms with Gasteiger partial charge in [-0.1, -0.05) is 0 Å². The summed E-state index contributed by atoms with van der Waals surface area (Å²) >= 11 is 0. The van der Waals surface area contributed by atoms with Crippen LogP contribution in [0.3, 0.4) is 0 Å². The summed E-state index contributed by atoms with van der Waals surface area (Å²) in [4.78, 5) is 0. The quantitative estimate of drug-likeness (QED) is 0.753. The summed E-state index contributed by atoms with van der Waals surface area (Å²) in [5, 5.41) is 12.6. The molecule has 0 saturated carbocycles. The van der Waals surface area contributed by atoms with Crippen LogP contribution >= 0.6 is 0 Å². The molecule has 0 fully saturated rings. The van der Waals surface area contributed by atoms with Crippen molar-refractivity contribution < 1.29 is 9.52 Å². The molecule has 3 nitrogen and oxygen atoms in total. The molecule has 0 amide bonds. The van der Waals surface area contributed by atoms with Crippen LogP contribution in [0.2, 0.25) is 0 Å². The van der Waals surface area contributed by atoms with Gasteiger partial charge in [-0.15, -0.1) is 0 Å². The summed E-state index contributed by atoms with van der Waals surface area (Å²) in [5.74, 6) is 0.975. The smallest absolute Gasteiger partial charge is 0.105 e. The Morgan fingerprint density at radius 1 is 1.43 bits per heavy atom. The van der Waals surface area contributed by atoms with Crippen LogP contribution in [0.1, 0.15) is 26.5 Å². The lowest BCUT2D eigenvalue weighted by atomic mass is 10.1. The molecule has 3 heteroatoms. The zero-order chi connectivity index (χ0) is 10.6. The first kappa shape index (κ1) is 11.3. The Labute approximate surface area is 85.1 Å². The average molecular weight is 197 g/mol. The highest BCUT2D eigenvalue weighted by Crippen LogP contribution is 2.05. The highest BCUT2D eigenvalue weighted by atomic mass is 16.3. The molecule has 3 unspecified atom stereocenters. The van der Waals surface area contributed by atoms with Crippen LogP contribution in [0.5, 0.6) is 0 Å². The summed E-state index contributed by atoms with van der Waals surface area (Å²) < 4.78 is 5.24. The minimum atomic E-state index is -0.325. The molecule has 0 aliphatic rings. The lowest BCUT2D eigenvalue weighted by Gasteiger charge is -2.21. The van der Waals surface area contributed by atoms with Gasteiger partial charge in [-0.3, -0.25) is 0 Å². The van der Waals surface area contributed by atoms with E-state index in [0.717, 1.165) is 12.2 Å². The molecular weight excluding hydrogens is 178 g/mol. The van der Waals surface area contributed by atoms with Gasteiger partial charge in [0.1, 0.15) is 5.76 Å². The van der Waals surface area contributed by atoms with E-state index < -0.39 is 0 Å². The third-order valence-electron chi connectivity index (χ3n) is 2.36. The van der Waals surface area contributed by atoms with Gasteiger partial charge in [-0.05, 0) is 32.9 Å². The minimum Gasteiger partial charge on any atom is -0.469 e. The van der Waals surface area contributed by atoms with E-state index in [2.05, 4.69) is 12.2 Å². The van der Waals surface area contributed by atoms with E-state index in [0.29, 0.717) is 6.04 Å². The molecule has 0 bridgehead atoms. The molecule has 0 spiro atoms. The third-order valence-corrected chi connectivity index (χ3v) is 2.36. The van der Waals surface area contributed by atoms with Crippen molar-refractivity contribution in [1.29, 1.82) is 0 Å². The number of rotatable bonds is 5. The van der Waals surface area contributed by atoms with Crippen molar-refractivity contribution in [3.63, 3.8) is 0 Å². The van der Waals surface area contributed by atoms with E-state index in [9.17, 15) is 5.11 Å². The molecule has 0 radical (unpaired) electrons. The molecule has 1 aromatic rings. The van der Waals surface area contributed by atoms with E-state index in [-0.39, 0.29) is 12.1 Å². The molecule has 0 aliphatic carbocycles. The topological polar surface area (TPSA) is 45.4 Å². The number of hydrogen-bond donors (Lipinski definition) is 2. The third kappa shape index (κ3) is 3.52. The maximum atomic E-state index is 9.31. The lowest BCUT2D eigenvalue weighted by molar-refractivity contribution is 0.146. The largest absolute Gasteiger partial charge is 0.469 e. The fourth-order valence-electron chi connectivity index (χ4n) is 1.38. The van der Waals surface area contributed by atoms with Crippen LogP contribution in [0, 0.1) is 0 Å². The van der Waals surface area contributed by atoms with Crippen molar-refractivity contribution >= 4 is 0 Å². The van der Waals surface area contributed by atoms with Crippen LogP contribution in [-0.2, 0) is 6.42 Å². The average Bonchev–Trinajstić information content (AvgIpc) is 2.56. The van der Waals surface area contributed by atoms with Gasteiger partial charge >= 0.3 is 0 Å². The molecule has 0 aliphatic heterocycles. The van der Waals surface area contributed by atoms with E-state index in [1.54, 1.807) is 13.2 Å². The van der Waals surface area contributed by atoms with Crippen LogP contribution in [0.15, 0.2) is 22.8 Å². The maximum absolute atomic E-state index is 9.31. The van der Waals surface area contributed by atoms with Crippen molar-refractivity contribution in [3.8, 4) is 0 Å². The summed E-state index contributed by atoms with van der Waals surface area (Å²) in [6.45, 7) is 5.85. The number of hydrogen-bond acceptors (Lipinski definition) is 3. The molecule has 0 aromatic carbocycles. The van der Waals surface area contributed by atoms with Crippen molar-refractivity contribution in [2.75, 3.05) is 0 Å². The molecular formula is C11H19NO2. The Morgan fingerprint density at radius 2 is 2.14 bits per heavy atom. The second-order valence-corrected chi connectivity index (χ2v) is 3.88. The molecule has 3 atom stereocenters. The van der Waals surface area contributed by atoms with Crippen LogP contribution in [0.25, 0.3) is 0 Å². The summed E-state index contributed by atoms with van der Waals surface area (Å²) in [6.07, 6.45) is 2.21. The number of nitrogens with one attached hydrogen (secondary N) is 1. The number of aliphatic hydroxyl groups excluding tert-OH is 1. The maximum Gasteiger partial charge on any atom is 0.105 e. The molecule has 1 aromatic heterocycles. The highest BCUT2D eigenvalue weighted by Gasteiger charge is 2.12. The van der Waals surface area contributed by atoms with E-state index in [1.165, 1.54) is 0 Å². The fraction of sp³-hybridized carbons (Fsp3) is 0.636. The van der Waals surface area contributed by atoms with Gasteiger partial charge in [0.2, 0.25) is 0 Å². The zero-order valence-electron chi connectivity index (χ0n) is 9.03. The van der Waals surface area contributed by atoms with Crippen molar-refractivity contribution in [3.05, 3.63) is 24.2 Å². The molecule has 14 heavy (non-hydrogen) atoms. The minimum absolute atomic E-state index is 0.111. The van der Waals surface area contributed by atoms with Gasteiger partial charge in [0.25, 0.3) is 0 Å². The van der Waals surface area contributed by atoms with Crippen molar-refractivity contribution in [2.24, 2.45) is 0 Å². The Balaban J connectivity index is 2.32. The summed E-state index contributed by atoms with van der Waals surface area (Å²) in [6, 6.07) is 4.27. The van der Waals surface area contributed by atoms with Gasteiger partial charge in [0.05, 0.1) is 12.4 Å². The summed E-state index contributed by atoms with van der Waals surface area (Å²) in [7, 11) is 0. The Kier molecular flexibility index (Phi) is 4.17.